The lowest BCUT2D eigenvalue weighted by molar-refractivity contribution is -0.135. The number of carbonyl (C=O) groups is 2. The number of amides is 2. The molecule has 2 rings (SSSR count). The van der Waals surface area contributed by atoms with Gasteiger partial charge < -0.3 is 15.0 Å². The molecule has 1 saturated carbocycles. The second kappa shape index (κ2) is 6.55. The van der Waals surface area contributed by atoms with Crippen molar-refractivity contribution in [1.82, 2.24) is 10.2 Å². The Hall–Kier alpha value is -1.77. The maximum atomic E-state index is 12.6. The fraction of sp³-hybridized carbons (Fsp3) is 0.812. The van der Waals surface area contributed by atoms with E-state index in [1.807, 2.05) is 0 Å². The lowest BCUT2D eigenvalue weighted by atomic mass is 9.97. The molecule has 2 aliphatic rings. The van der Waals surface area contributed by atoms with Crippen LogP contribution in [-0.2, 0) is 9.53 Å². The normalized spacial score (nSPS) is 20.9. The van der Waals surface area contributed by atoms with Gasteiger partial charge in [0.25, 0.3) is 0 Å². The molecule has 0 aromatic heterocycles. The van der Waals surface area contributed by atoms with Crippen LogP contribution in [-0.4, -0.2) is 41.6 Å². The Morgan fingerprint density at radius 1 is 1.27 bits per heavy atom. The van der Waals surface area contributed by atoms with Gasteiger partial charge in [-0.1, -0.05) is 0 Å². The van der Waals surface area contributed by atoms with Gasteiger partial charge in [-0.15, -0.1) is 0 Å². The molecule has 6 heteroatoms. The van der Waals surface area contributed by atoms with E-state index in [4.69, 9.17) is 10.00 Å². The second-order valence-electron chi connectivity index (χ2n) is 7.19. The van der Waals surface area contributed by atoms with Crippen LogP contribution in [0.15, 0.2) is 0 Å². The molecular weight excluding hydrogens is 282 g/mol. The molecule has 0 unspecified atom stereocenters. The second-order valence-corrected chi connectivity index (χ2v) is 7.19. The number of nitrogens with zero attached hydrogens (tertiary/aromatic N) is 2. The van der Waals surface area contributed by atoms with Crippen LogP contribution in [0.1, 0.15) is 47.9 Å². The van der Waals surface area contributed by atoms with Crippen LogP contribution in [0.25, 0.3) is 0 Å². The van der Waals surface area contributed by atoms with Gasteiger partial charge in [-0.25, -0.2) is 4.79 Å². The van der Waals surface area contributed by atoms with Crippen LogP contribution in [0.4, 0.5) is 4.79 Å². The highest BCUT2D eigenvalue weighted by atomic mass is 16.6. The molecular formula is C16H27N3O3. The number of likely N-dealkylation sites (tertiary alicyclic amines) is 1. The van der Waals surface area contributed by atoms with Crippen molar-refractivity contribution in [3.8, 4) is 6.07 Å². The Morgan fingerprint density at radius 3 is 2.32 bits per heavy atom. The van der Waals surface area contributed by atoms with Crippen LogP contribution in [0.2, 0.25) is 0 Å². The lowest BCUT2D eigenvalue weighted by Gasteiger charge is -2.32. The van der Waals surface area contributed by atoms with E-state index in [9.17, 15) is 9.59 Å². The van der Waals surface area contributed by atoms with Crippen molar-refractivity contribution in [3.05, 3.63) is 0 Å². The average molecular weight is 309 g/mol. The zero-order valence-corrected chi connectivity index (χ0v) is 13.6. The molecule has 2 amide bonds. The van der Waals surface area contributed by atoms with Crippen LogP contribution in [0.3, 0.4) is 0 Å². The minimum Gasteiger partial charge on any atom is -0.444 e. The molecule has 22 heavy (non-hydrogen) atoms. The molecule has 0 aromatic rings. The molecule has 1 atom stereocenters. The van der Waals surface area contributed by atoms with E-state index in [0.717, 1.165) is 12.8 Å². The van der Waals surface area contributed by atoms with Crippen LogP contribution in [0.5, 0.6) is 0 Å². The summed E-state index contributed by atoms with van der Waals surface area (Å²) in [7, 11) is 0. The van der Waals surface area contributed by atoms with E-state index in [0.29, 0.717) is 25.9 Å². The number of nitrogens with one attached hydrogen (secondary N) is 1. The first-order valence-electron chi connectivity index (χ1n) is 7.98. The number of hydrogen-bond acceptors (Lipinski definition) is 4. The fourth-order valence-corrected chi connectivity index (χ4v) is 2.67. The maximum absolute atomic E-state index is 12.6. The Balaban J connectivity index is 0.00000264. The summed E-state index contributed by atoms with van der Waals surface area (Å²) in [5, 5.41) is 11.7. The first-order chi connectivity index (χ1) is 10.3. The number of carbonyl (C=O) groups excluding carboxylic acids is 2. The zero-order valence-electron chi connectivity index (χ0n) is 13.6. The van der Waals surface area contributed by atoms with Crippen molar-refractivity contribution in [2.75, 3.05) is 13.1 Å². The standard InChI is InChI=1S/C16H25N3O3.H2/c1-16(2,3)22-15(21)18-13(12-4-5-12)14(20)19-8-6-11(10-17)7-9-19;/h11-13H,4-9H2,1-3H3,(H,18,21);1H/t13-;/m1./s1. The van der Waals surface area contributed by atoms with Gasteiger partial charge in [0, 0.05) is 20.4 Å². The summed E-state index contributed by atoms with van der Waals surface area (Å²) in [6, 6.07) is 1.77. The first-order valence-corrected chi connectivity index (χ1v) is 7.98. The predicted molar refractivity (Wildman–Crippen MR) is 82.9 cm³/mol. The van der Waals surface area contributed by atoms with Crippen molar-refractivity contribution >= 4 is 12.0 Å². The zero-order chi connectivity index (χ0) is 16.3. The molecule has 0 radical (unpaired) electrons. The summed E-state index contributed by atoms with van der Waals surface area (Å²) in [6.07, 6.45) is 2.81. The van der Waals surface area contributed by atoms with E-state index in [2.05, 4.69) is 11.4 Å². The first kappa shape index (κ1) is 16.6. The summed E-state index contributed by atoms with van der Waals surface area (Å²) in [6.45, 7) is 6.58. The topological polar surface area (TPSA) is 82.4 Å². The Kier molecular flexibility index (Phi) is 4.94. The average Bonchev–Trinajstić information content (AvgIpc) is 3.27. The number of rotatable bonds is 3. The molecule has 0 spiro atoms. The molecule has 124 valence electrons. The van der Waals surface area contributed by atoms with Gasteiger partial charge >= 0.3 is 6.09 Å². The van der Waals surface area contributed by atoms with Gasteiger partial charge in [0.2, 0.25) is 5.91 Å². The summed E-state index contributed by atoms with van der Waals surface area (Å²) < 4.78 is 5.25. The summed E-state index contributed by atoms with van der Waals surface area (Å²) >= 11 is 0. The highest BCUT2D eigenvalue weighted by Gasteiger charge is 2.40. The number of nitriles is 1. The Labute approximate surface area is 133 Å². The SMILES string of the molecule is CC(C)(C)OC(=O)N[C@@H](C(=O)N1CCC(C#N)CC1)C1CC1.[HH]. The van der Waals surface area contributed by atoms with E-state index < -0.39 is 17.7 Å². The third kappa shape index (κ3) is 4.62. The molecule has 1 N–H and O–H groups in total. The van der Waals surface area contributed by atoms with Gasteiger partial charge in [0.1, 0.15) is 11.6 Å². The van der Waals surface area contributed by atoms with Crippen molar-refractivity contribution in [3.63, 3.8) is 0 Å². The van der Waals surface area contributed by atoms with Gasteiger partial charge in [0.05, 0.1) is 6.07 Å². The molecule has 0 bridgehead atoms. The van der Waals surface area contributed by atoms with E-state index in [1.54, 1.807) is 25.7 Å². The van der Waals surface area contributed by atoms with Crippen molar-refractivity contribution in [2.45, 2.75) is 58.1 Å². The monoisotopic (exact) mass is 309 g/mol. The highest BCUT2D eigenvalue weighted by Crippen LogP contribution is 2.34. The molecule has 6 nitrogen and oxygen atoms in total. The summed E-state index contributed by atoms with van der Waals surface area (Å²) in [4.78, 5) is 26.4. The largest absolute Gasteiger partial charge is 0.444 e. The van der Waals surface area contributed by atoms with Gasteiger partial charge in [-0.05, 0) is 52.4 Å². The van der Waals surface area contributed by atoms with Crippen LogP contribution < -0.4 is 5.32 Å². The number of hydrogen-bond donors (Lipinski definition) is 1. The van der Waals surface area contributed by atoms with Crippen molar-refractivity contribution in [1.29, 1.82) is 5.26 Å². The molecule has 1 aliphatic carbocycles. The molecule has 0 aromatic carbocycles. The number of ether oxygens (including phenoxy) is 1. The predicted octanol–water partition coefficient (Wildman–Crippen LogP) is 2.30. The molecule has 1 heterocycles. The summed E-state index contributed by atoms with van der Waals surface area (Å²) in [5.41, 5.74) is -0.577. The lowest BCUT2D eigenvalue weighted by Crippen LogP contribution is -2.52. The molecule has 1 aliphatic heterocycles. The highest BCUT2D eigenvalue weighted by molar-refractivity contribution is 5.86. The Morgan fingerprint density at radius 2 is 1.86 bits per heavy atom. The smallest absolute Gasteiger partial charge is 0.408 e. The van der Waals surface area contributed by atoms with E-state index in [-0.39, 0.29) is 19.2 Å². The number of piperidine rings is 1. The van der Waals surface area contributed by atoms with Gasteiger partial charge in [0.15, 0.2) is 0 Å². The quantitative estimate of drug-likeness (QED) is 0.867. The molecule has 1 saturated heterocycles. The maximum Gasteiger partial charge on any atom is 0.408 e. The van der Waals surface area contributed by atoms with Gasteiger partial charge in [-0.2, -0.15) is 5.26 Å². The van der Waals surface area contributed by atoms with E-state index >= 15 is 0 Å². The van der Waals surface area contributed by atoms with E-state index in [1.165, 1.54) is 0 Å². The van der Waals surface area contributed by atoms with Gasteiger partial charge in [-0.3, -0.25) is 4.79 Å². The van der Waals surface area contributed by atoms with Crippen molar-refractivity contribution in [2.24, 2.45) is 11.8 Å². The van der Waals surface area contributed by atoms with Crippen LogP contribution in [0, 0.1) is 23.2 Å². The minimum absolute atomic E-state index is 0. The van der Waals surface area contributed by atoms with Crippen LogP contribution >= 0.6 is 0 Å². The third-order valence-corrected chi connectivity index (χ3v) is 4.02. The summed E-state index contributed by atoms with van der Waals surface area (Å²) in [5.74, 6) is 0.223. The van der Waals surface area contributed by atoms with Crippen molar-refractivity contribution < 1.29 is 15.8 Å². The number of alkyl carbamates (subject to hydrolysis) is 1. The molecule has 2 fully saturated rings. The third-order valence-electron chi connectivity index (χ3n) is 4.02. The minimum atomic E-state index is -0.577. The Bertz CT molecular complexity index is 472. The fourth-order valence-electron chi connectivity index (χ4n) is 2.67.